The minimum absolute atomic E-state index is 0.0855. The highest BCUT2D eigenvalue weighted by molar-refractivity contribution is 5.76. The molecule has 2 aromatic carbocycles. The predicted octanol–water partition coefficient (Wildman–Crippen LogP) is 7.68. The van der Waals surface area contributed by atoms with E-state index in [2.05, 4.69) is 19.1 Å². The molecule has 0 bridgehead atoms. The van der Waals surface area contributed by atoms with Crippen molar-refractivity contribution in [3.63, 3.8) is 0 Å². The van der Waals surface area contributed by atoms with Crippen molar-refractivity contribution in [2.75, 3.05) is 33.5 Å². The third-order valence-electron chi connectivity index (χ3n) is 9.26. The summed E-state index contributed by atoms with van der Waals surface area (Å²) in [5.41, 5.74) is 2.27. The van der Waals surface area contributed by atoms with Crippen LogP contribution in [0.2, 0.25) is 0 Å². The summed E-state index contributed by atoms with van der Waals surface area (Å²) in [6.07, 6.45) is 7.02. The number of benzene rings is 2. The maximum absolute atomic E-state index is 15.0. The Bertz CT molecular complexity index is 1150. The second-order valence-electron chi connectivity index (χ2n) is 14.0. The number of aliphatic hydroxyl groups is 2. The van der Waals surface area contributed by atoms with Crippen LogP contribution < -0.4 is 0 Å². The van der Waals surface area contributed by atoms with Gasteiger partial charge in [-0.15, -0.1) is 0 Å². The Morgan fingerprint density at radius 3 is 2.27 bits per heavy atom. The summed E-state index contributed by atoms with van der Waals surface area (Å²) in [5, 5.41) is 20.2. The minimum Gasteiger partial charge on any atom is -0.465 e. The molecule has 0 spiro atoms. The molecule has 0 radical (unpaired) electrons. The lowest BCUT2D eigenvalue weighted by molar-refractivity contribution is -0.190. The highest BCUT2D eigenvalue weighted by Crippen LogP contribution is 2.40. The molecule has 1 aliphatic carbocycles. The van der Waals surface area contributed by atoms with Crippen molar-refractivity contribution in [1.29, 1.82) is 0 Å². The molecule has 1 aliphatic rings. The van der Waals surface area contributed by atoms with E-state index >= 15 is 0 Å². The average molecular weight is 615 g/mol. The van der Waals surface area contributed by atoms with Gasteiger partial charge in [-0.3, -0.25) is 4.79 Å². The van der Waals surface area contributed by atoms with Gasteiger partial charge in [0, 0.05) is 24.0 Å². The number of methoxy groups -OCH3 is 1. The van der Waals surface area contributed by atoms with Crippen LogP contribution in [-0.4, -0.2) is 56.0 Å². The first kappa shape index (κ1) is 36.2. The standard InChI is InChI=1S/C37H55FO6/c1-7-8-9-10-26-11-20-32(33(38)21-26)30-18-16-28(17-19-30)27-12-14-29(15-13-27)31(22-43-34(40)36(2,3)24-39)23-44-35(41)37(4,5)25-42-6/h11,16-21,27,29,31,34,39-40H,7-10,12-15,22-25H2,1-6H3. The topological polar surface area (TPSA) is 85.2 Å². The van der Waals surface area contributed by atoms with Gasteiger partial charge >= 0.3 is 5.97 Å². The Morgan fingerprint density at radius 1 is 1.00 bits per heavy atom. The Kier molecular flexibility index (Phi) is 13.8. The molecule has 2 aromatic rings. The summed E-state index contributed by atoms with van der Waals surface area (Å²) in [6.45, 7) is 9.74. The molecule has 0 aromatic heterocycles. The molecule has 2 unspecified atom stereocenters. The molecule has 1 saturated carbocycles. The summed E-state index contributed by atoms with van der Waals surface area (Å²) in [6, 6.07) is 13.9. The first-order valence-electron chi connectivity index (χ1n) is 16.4. The maximum atomic E-state index is 15.0. The molecule has 1 fully saturated rings. The highest BCUT2D eigenvalue weighted by Gasteiger charge is 2.35. The molecule has 0 heterocycles. The zero-order valence-electron chi connectivity index (χ0n) is 27.7. The van der Waals surface area contributed by atoms with Crippen molar-refractivity contribution in [2.45, 2.75) is 98.2 Å². The average Bonchev–Trinajstić information content (AvgIpc) is 3.01. The van der Waals surface area contributed by atoms with Crippen LogP contribution in [0.15, 0.2) is 42.5 Å². The normalized spacial score (nSPS) is 19.0. The number of halogens is 1. The predicted molar refractivity (Wildman–Crippen MR) is 173 cm³/mol. The number of rotatable bonds is 17. The molecule has 246 valence electrons. The van der Waals surface area contributed by atoms with Gasteiger partial charge in [-0.1, -0.05) is 70.0 Å². The summed E-state index contributed by atoms with van der Waals surface area (Å²) in [5.74, 6) is 0.0851. The summed E-state index contributed by atoms with van der Waals surface area (Å²) in [4.78, 5) is 12.8. The lowest BCUT2D eigenvalue weighted by atomic mass is 9.74. The lowest BCUT2D eigenvalue weighted by Crippen LogP contribution is -2.39. The van der Waals surface area contributed by atoms with Gasteiger partial charge in [-0.05, 0) is 87.0 Å². The molecular formula is C37H55FO6. The van der Waals surface area contributed by atoms with Gasteiger partial charge in [-0.2, -0.15) is 0 Å². The van der Waals surface area contributed by atoms with Crippen LogP contribution in [0.5, 0.6) is 0 Å². The number of carbonyl (C=O) groups excluding carboxylic acids is 1. The Morgan fingerprint density at radius 2 is 1.68 bits per heavy atom. The van der Waals surface area contributed by atoms with Crippen LogP contribution >= 0.6 is 0 Å². The zero-order chi connectivity index (χ0) is 32.3. The zero-order valence-corrected chi connectivity index (χ0v) is 27.7. The minimum atomic E-state index is -1.13. The van der Waals surface area contributed by atoms with E-state index in [9.17, 15) is 19.4 Å². The maximum Gasteiger partial charge on any atom is 0.313 e. The van der Waals surface area contributed by atoms with E-state index in [4.69, 9.17) is 14.2 Å². The van der Waals surface area contributed by atoms with Crippen LogP contribution in [0.4, 0.5) is 4.39 Å². The van der Waals surface area contributed by atoms with Crippen molar-refractivity contribution in [3.8, 4) is 11.1 Å². The fraction of sp³-hybridized carbons (Fsp3) is 0.649. The van der Waals surface area contributed by atoms with Crippen LogP contribution in [-0.2, 0) is 25.4 Å². The third kappa shape index (κ3) is 10.1. The third-order valence-corrected chi connectivity index (χ3v) is 9.26. The fourth-order valence-corrected chi connectivity index (χ4v) is 6.02. The van der Waals surface area contributed by atoms with Gasteiger partial charge in [0.05, 0.1) is 31.8 Å². The monoisotopic (exact) mass is 614 g/mol. The van der Waals surface area contributed by atoms with E-state index in [1.54, 1.807) is 40.9 Å². The number of hydrogen-bond acceptors (Lipinski definition) is 6. The first-order chi connectivity index (χ1) is 20.9. The molecule has 7 heteroatoms. The Hall–Kier alpha value is -2.32. The van der Waals surface area contributed by atoms with E-state index in [-0.39, 0.29) is 50.0 Å². The van der Waals surface area contributed by atoms with Gasteiger partial charge in [0.15, 0.2) is 6.29 Å². The van der Waals surface area contributed by atoms with E-state index in [0.717, 1.165) is 62.5 Å². The SMILES string of the molecule is CCCCCc1ccc(-c2ccc(C3CCC(C(COC(=O)C(C)(C)COC)COC(O)C(C)(C)CO)CC3)cc2)c(F)c1. The molecule has 3 rings (SSSR count). The number of aliphatic hydroxyl groups excluding tert-OH is 2. The van der Waals surface area contributed by atoms with Crippen molar-refractivity contribution >= 4 is 5.97 Å². The number of carbonyl (C=O) groups is 1. The van der Waals surface area contributed by atoms with Crippen molar-refractivity contribution in [1.82, 2.24) is 0 Å². The lowest BCUT2D eigenvalue weighted by Gasteiger charge is -2.36. The smallest absolute Gasteiger partial charge is 0.313 e. The molecule has 2 atom stereocenters. The Balaban J connectivity index is 1.63. The summed E-state index contributed by atoms with van der Waals surface area (Å²) < 4.78 is 31.8. The molecule has 0 saturated heterocycles. The molecule has 2 N–H and O–H groups in total. The van der Waals surface area contributed by atoms with Crippen LogP contribution in [0.25, 0.3) is 11.1 Å². The number of esters is 1. The van der Waals surface area contributed by atoms with Gasteiger partial charge in [0.25, 0.3) is 0 Å². The van der Waals surface area contributed by atoms with E-state index in [0.29, 0.717) is 11.5 Å². The highest BCUT2D eigenvalue weighted by atomic mass is 19.1. The van der Waals surface area contributed by atoms with Gasteiger partial charge < -0.3 is 24.4 Å². The van der Waals surface area contributed by atoms with Gasteiger partial charge in [-0.25, -0.2) is 4.39 Å². The second kappa shape index (κ2) is 16.8. The first-order valence-corrected chi connectivity index (χ1v) is 16.4. The number of hydrogen-bond donors (Lipinski definition) is 2. The summed E-state index contributed by atoms with van der Waals surface area (Å²) in [7, 11) is 1.56. The van der Waals surface area contributed by atoms with Crippen LogP contribution in [0, 0.1) is 28.5 Å². The number of unbranched alkanes of at least 4 members (excludes halogenated alkanes) is 2. The molecular weight excluding hydrogens is 559 g/mol. The molecule has 0 aliphatic heterocycles. The van der Waals surface area contributed by atoms with Crippen molar-refractivity contribution in [3.05, 3.63) is 59.4 Å². The quantitative estimate of drug-likeness (QED) is 0.108. The largest absolute Gasteiger partial charge is 0.465 e. The fourth-order valence-electron chi connectivity index (χ4n) is 6.02. The van der Waals surface area contributed by atoms with E-state index in [1.165, 1.54) is 5.56 Å². The second-order valence-corrected chi connectivity index (χ2v) is 14.0. The van der Waals surface area contributed by atoms with Gasteiger partial charge in [0.2, 0.25) is 0 Å². The molecule has 6 nitrogen and oxygen atoms in total. The van der Waals surface area contributed by atoms with Crippen molar-refractivity contribution < 1.29 is 33.6 Å². The van der Waals surface area contributed by atoms with E-state index < -0.39 is 17.1 Å². The van der Waals surface area contributed by atoms with Crippen molar-refractivity contribution in [2.24, 2.45) is 22.7 Å². The molecule has 44 heavy (non-hydrogen) atoms. The van der Waals surface area contributed by atoms with Crippen LogP contribution in [0.3, 0.4) is 0 Å². The van der Waals surface area contributed by atoms with E-state index in [1.807, 2.05) is 24.3 Å². The molecule has 0 amide bonds. The summed E-state index contributed by atoms with van der Waals surface area (Å²) >= 11 is 0. The van der Waals surface area contributed by atoms with Crippen LogP contribution in [0.1, 0.15) is 96.6 Å². The Labute approximate surface area is 264 Å². The number of aryl methyl sites for hydroxylation is 1. The van der Waals surface area contributed by atoms with Gasteiger partial charge in [0.1, 0.15) is 5.82 Å². The number of ether oxygens (including phenoxy) is 3.